The van der Waals surface area contributed by atoms with E-state index in [1.807, 2.05) is 0 Å². The van der Waals surface area contributed by atoms with Gasteiger partial charge in [-0.25, -0.2) is 19.9 Å². The fourth-order valence-corrected chi connectivity index (χ4v) is 2.08. The first-order valence-electron chi connectivity index (χ1n) is 6.43. The molecule has 2 amide bonds. The van der Waals surface area contributed by atoms with Crippen molar-refractivity contribution in [3.63, 3.8) is 0 Å². The lowest BCUT2D eigenvalue weighted by Crippen LogP contribution is -2.35. The Morgan fingerprint density at radius 1 is 1.09 bits per heavy atom. The molecular formula is C15H11ClN4O2. The molecule has 0 fully saturated rings. The van der Waals surface area contributed by atoms with Crippen LogP contribution in [0.15, 0.2) is 59.7 Å². The van der Waals surface area contributed by atoms with Crippen LogP contribution in [0.25, 0.3) is 10.9 Å². The van der Waals surface area contributed by atoms with Gasteiger partial charge in [0, 0.05) is 10.7 Å². The van der Waals surface area contributed by atoms with Crippen LogP contribution < -0.4 is 16.3 Å². The van der Waals surface area contributed by atoms with E-state index in [1.165, 1.54) is 6.33 Å². The highest BCUT2D eigenvalue weighted by Gasteiger charge is 2.07. The Bertz CT molecular complexity index is 890. The SMILES string of the molecule is O=C(Nc1ccc(Cl)cc1)Nn1cnc2ccccc2c1=O. The minimum Gasteiger partial charge on any atom is -0.307 e. The Balaban J connectivity index is 1.81. The van der Waals surface area contributed by atoms with Gasteiger partial charge in [0.1, 0.15) is 6.33 Å². The third-order valence-electron chi connectivity index (χ3n) is 2.99. The third kappa shape index (κ3) is 2.91. The molecule has 0 saturated carbocycles. The number of para-hydroxylation sites is 1. The highest BCUT2D eigenvalue weighted by molar-refractivity contribution is 6.30. The minimum absolute atomic E-state index is 0.350. The number of carbonyl (C=O) groups excluding carboxylic acids is 1. The van der Waals surface area contributed by atoms with Gasteiger partial charge in [-0.3, -0.25) is 4.79 Å². The van der Waals surface area contributed by atoms with Crippen molar-refractivity contribution in [1.29, 1.82) is 0 Å². The number of aromatic nitrogens is 2. The lowest BCUT2D eigenvalue weighted by atomic mass is 10.2. The molecule has 110 valence electrons. The molecule has 1 heterocycles. The topological polar surface area (TPSA) is 76.0 Å². The smallest absolute Gasteiger partial charge is 0.307 e. The summed E-state index contributed by atoms with van der Waals surface area (Å²) < 4.78 is 1.04. The van der Waals surface area contributed by atoms with Crippen molar-refractivity contribution in [2.75, 3.05) is 10.7 Å². The van der Waals surface area contributed by atoms with Crippen LogP contribution in [-0.4, -0.2) is 15.7 Å². The number of urea groups is 1. The summed E-state index contributed by atoms with van der Waals surface area (Å²) >= 11 is 5.77. The zero-order valence-corrected chi connectivity index (χ0v) is 12.0. The van der Waals surface area contributed by atoms with Gasteiger partial charge < -0.3 is 5.32 Å². The van der Waals surface area contributed by atoms with Crippen LogP contribution in [0.1, 0.15) is 0 Å². The van der Waals surface area contributed by atoms with Gasteiger partial charge in [0.05, 0.1) is 10.9 Å². The van der Waals surface area contributed by atoms with Gasteiger partial charge in [-0.05, 0) is 36.4 Å². The van der Waals surface area contributed by atoms with Gasteiger partial charge in [0.15, 0.2) is 0 Å². The van der Waals surface area contributed by atoms with Crippen molar-refractivity contribution in [1.82, 2.24) is 9.66 Å². The molecule has 7 heteroatoms. The fraction of sp³-hybridized carbons (Fsp3) is 0. The first-order valence-corrected chi connectivity index (χ1v) is 6.81. The molecule has 0 aliphatic heterocycles. The molecule has 0 atom stereocenters. The summed E-state index contributed by atoms with van der Waals surface area (Å²) in [6.07, 6.45) is 1.27. The molecule has 3 rings (SSSR count). The van der Waals surface area contributed by atoms with Crippen LogP contribution in [0.2, 0.25) is 5.02 Å². The van der Waals surface area contributed by atoms with E-state index >= 15 is 0 Å². The van der Waals surface area contributed by atoms with E-state index in [1.54, 1.807) is 48.5 Å². The Hall–Kier alpha value is -2.86. The molecule has 0 unspecified atom stereocenters. The molecule has 0 saturated heterocycles. The van der Waals surface area contributed by atoms with Crippen molar-refractivity contribution >= 4 is 34.2 Å². The molecule has 0 radical (unpaired) electrons. The molecule has 0 spiro atoms. The van der Waals surface area contributed by atoms with Crippen LogP contribution in [0.5, 0.6) is 0 Å². The Morgan fingerprint density at radius 2 is 1.82 bits per heavy atom. The fourth-order valence-electron chi connectivity index (χ4n) is 1.95. The first kappa shape index (κ1) is 14.1. The summed E-state index contributed by atoms with van der Waals surface area (Å²) in [5.41, 5.74) is 3.21. The number of hydrogen-bond acceptors (Lipinski definition) is 3. The lowest BCUT2D eigenvalue weighted by Gasteiger charge is -2.10. The zero-order chi connectivity index (χ0) is 15.5. The highest BCUT2D eigenvalue weighted by Crippen LogP contribution is 2.13. The van der Waals surface area contributed by atoms with Gasteiger partial charge >= 0.3 is 6.03 Å². The molecule has 6 nitrogen and oxygen atoms in total. The number of benzene rings is 2. The van der Waals surface area contributed by atoms with Gasteiger partial charge in [-0.15, -0.1) is 0 Å². The van der Waals surface area contributed by atoms with E-state index in [2.05, 4.69) is 15.7 Å². The van der Waals surface area contributed by atoms with Crippen molar-refractivity contribution in [2.45, 2.75) is 0 Å². The predicted molar refractivity (Wildman–Crippen MR) is 85.8 cm³/mol. The third-order valence-corrected chi connectivity index (χ3v) is 3.24. The van der Waals surface area contributed by atoms with E-state index in [0.717, 1.165) is 4.68 Å². The van der Waals surface area contributed by atoms with E-state index in [-0.39, 0.29) is 5.56 Å². The minimum atomic E-state index is -0.554. The van der Waals surface area contributed by atoms with Crippen molar-refractivity contribution in [3.8, 4) is 0 Å². The lowest BCUT2D eigenvalue weighted by molar-refractivity contribution is 0.259. The summed E-state index contributed by atoms with van der Waals surface area (Å²) in [6.45, 7) is 0. The van der Waals surface area contributed by atoms with E-state index < -0.39 is 6.03 Å². The van der Waals surface area contributed by atoms with E-state index in [0.29, 0.717) is 21.6 Å². The van der Waals surface area contributed by atoms with Crippen LogP contribution in [0, 0.1) is 0 Å². The Labute approximate surface area is 130 Å². The molecule has 1 aromatic heterocycles. The quantitative estimate of drug-likeness (QED) is 0.763. The maximum Gasteiger partial charge on any atom is 0.338 e. The molecule has 3 aromatic rings. The van der Waals surface area contributed by atoms with Crippen LogP contribution >= 0.6 is 11.6 Å². The number of carbonyl (C=O) groups is 1. The number of nitrogens with zero attached hydrogens (tertiary/aromatic N) is 2. The van der Waals surface area contributed by atoms with E-state index in [4.69, 9.17) is 11.6 Å². The van der Waals surface area contributed by atoms with E-state index in [9.17, 15) is 9.59 Å². The normalized spacial score (nSPS) is 10.4. The molecule has 22 heavy (non-hydrogen) atoms. The summed E-state index contributed by atoms with van der Waals surface area (Å²) in [6, 6.07) is 13.0. The number of fused-ring (bicyclic) bond motifs is 1. The summed E-state index contributed by atoms with van der Waals surface area (Å²) in [5.74, 6) is 0. The second kappa shape index (κ2) is 5.87. The van der Waals surface area contributed by atoms with Crippen LogP contribution in [-0.2, 0) is 0 Å². The largest absolute Gasteiger partial charge is 0.338 e. The number of anilines is 1. The Kier molecular flexibility index (Phi) is 3.76. The number of nitrogens with one attached hydrogen (secondary N) is 2. The van der Waals surface area contributed by atoms with Crippen molar-refractivity contribution in [2.24, 2.45) is 0 Å². The number of amides is 2. The molecule has 2 aromatic carbocycles. The molecule has 0 aliphatic carbocycles. The molecule has 0 bridgehead atoms. The van der Waals surface area contributed by atoms with Crippen LogP contribution in [0.4, 0.5) is 10.5 Å². The second-order valence-electron chi connectivity index (χ2n) is 4.51. The highest BCUT2D eigenvalue weighted by atomic mass is 35.5. The molecule has 0 aliphatic rings. The van der Waals surface area contributed by atoms with Gasteiger partial charge in [-0.2, -0.15) is 0 Å². The van der Waals surface area contributed by atoms with Crippen molar-refractivity contribution < 1.29 is 4.79 Å². The van der Waals surface area contributed by atoms with Gasteiger partial charge in [-0.1, -0.05) is 23.7 Å². The average molecular weight is 315 g/mol. The van der Waals surface area contributed by atoms with Crippen LogP contribution in [0.3, 0.4) is 0 Å². The van der Waals surface area contributed by atoms with Gasteiger partial charge in [0.2, 0.25) is 0 Å². The second-order valence-corrected chi connectivity index (χ2v) is 4.95. The zero-order valence-electron chi connectivity index (χ0n) is 11.3. The van der Waals surface area contributed by atoms with Crippen molar-refractivity contribution in [3.05, 3.63) is 70.2 Å². The summed E-state index contributed by atoms with van der Waals surface area (Å²) in [5, 5.41) is 3.59. The standard InChI is InChI=1S/C15H11ClN4O2/c16-10-5-7-11(8-6-10)18-15(22)19-20-9-17-13-4-2-1-3-12(13)14(20)21/h1-9H,(H2,18,19,22). The molecular weight excluding hydrogens is 304 g/mol. The van der Waals surface area contributed by atoms with Gasteiger partial charge in [0.25, 0.3) is 5.56 Å². The molecule has 2 N–H and O–H groups in total. The maximum atomic E-state index is 12.2. The maximum absolute atomic E-state index is 12.2. The number of halogens is 1. The summed E-state index contributed by atoms with van der Waals surface area (Å²) in [7, 11) is 0. The summed E-state index contributed by atoms with van der Waals surface area (Å²) in [4.78, 5) is 28.3. The monoisotopic (exact) mass is 314 g/mol. The predicted octanol–water partition coefficient (Wildman–Crippen LogP) is 2.83. The first-order chi connectivity index (χ1) is 10.6. The average Bonchev–Trinajstić information content (AvgIpc) is 2.53. The Morgan fingerprint density at radius 3 is 2.59 bits per heavy atom. The number of rotatable bonds is 2. The number of hydrogen-bond donors (Lipinski definition) is 2.